The van der Waals surface area contributed by atoms with Gasteiger partial charge in [-0.05, 0) is 48.5 Å². The Morgan fingerprint density at radius 2 is 1.66 bits per heavy atom. The summed E-state index contributed by atoms with van der Waals surface area (Å²) in [4.78, 5) is 21.8. The predicted molar refractivity (Wildman–Crippen MR) is 143 cm³/mol. The van der Waals surface area contributed by atoms with Gasteiger partial charge >= 0.3 is 6.18 Å². The van der Waals surface area contributed by atoms with Crippen molar-refractivity contribution >= 4 is 45.6 Å². The minimum absolute atomic E-state index is 0.00446. The molecule has 1 aromatic heterocycles. The van der Waals surface area contributed by atoms with Crippen LogP contribution in [0.3, 0.4) is 0 Å². The third kappa shape index (κ3) is 5.78. The van der Waals surface area contributed by atoms with Crippen LogP contribution >= 0.6 is 11.6 Å². The van der Waals surface area contributed by atoms with Crippen molar-refractivity contribution in [1.82, 2.24) is 4.98 Å². The molecule has 1 fully saturated rings. The van der Waals surface area contributed by atoms with Gasteiger partial charge in [0.2, 0.25) is 0 Å². The molecule has 196 valence electrons. The van der Waals surface area contributed by atoms with Crippen LogP contribution in [-0.4, -0.2) is 43.7 Å². The molecule has 5 rings (SSSR count). The van der Waals surface area contributed by atoms with Crippen molar-refractivity contribution in [3.63, 3.8) is 0 Å². The number of hydrogen-bond donors (Lipinski definition) is 1. The second kappa shape index (κ2) is 10.8. The Labute approximate surface area is 222 Å². The normalized spacial score (nSPS) is 14.0. The molecule has 3 aromatic carbocycles. The van der Waals surface area contributed by atoms with Crippen molar-refractivity contribution in [3.8, 4) is 5.75 Å². The van der Waals surface area contributed by atoms with Crippen LogP contribution in [0.2, 0.25) is 5.02 Å². The lowest BCUT2D eigenvalue weighted by Gasteiger charge is -2.36. The number of ether oxygens (including phenoxy) is 1. The first-order chi connectivity index (χ1) is 18.3. The lowest BCUT2D eigenvalue weighted by Crippen LogP contribution is -2.46. The summed E-state index contributed by atoms with van der Waals surface area (Å²) in [6.07, 6.45) is -4.55. The number of fused-ring (bicyclic) bond motifs is 1. The van der Waals surface area contributed by atoms with Gasteiger partial charge in [0.25, 0.3) is 5.91 Å². The van der Waals surface area contributed by atoms with Crippen molar-refractivity contribution in [2.75, 3.05) is 47.9 Å². The van der Waals surface area contributed by atoms with Crippen LogP contribution in [0.4, 0.5) is 30.4 Å². The van der Waals surface area contributed by atoms with E-state index in [2.05, 4.69) is 27.2 Å². The molecule has 0 spiro atoms. The van der Waals surface area contributed by atoms with E-state index < -0.39 is 24.3 Å². The monoisotopic (exact) mass is 540 g/mol. The summed E-state index contributed by atoms with van der Waals surface area (Å²) in [6.45, 7) is 2.90. The molecule has 0 aliphatic carbocycles. The summed E-state index contributed by atoms with van der Waals surface area (Å²) in [5.41, 5.74) is 0.746. The zero-order valence-electron chi connectivity index (χ0n) is 20.2. The smallest absolute Gasteiger partial charge is 0.416 e. The highest BCUT2D eigenvalue weighted by Gasteiger charge is 2.31. The largest absolute Gasteiger partial charge is 0.481 e. The van der Waals surface area contributed by atoms with Gasteiger partial charge in [-0.1, -0.05) is 41.9 Å². The number of benzene rings is 3. The highest BCUT2D eigenvalue weighted by Crippen LogP contribution is 2.34. The quantitative estimate of drug-likeness (QED) is 0.313. The summed E-state index contributed by atoms with van der Waals surface area (Å²) in [5, 5.41) is 3.23. The summed E-state index contributed by atoms with van der Waals surface area (Å²) < 4.78 is 44.8. The van der Waals surface area contributed by atoms with E-state index in [-0.39, 0.29) is 10.7 Å². The van der Waals surface area contributed by atoms with Gasteiger partial charge in [-0.25, -0.2) is 4.98 Å². The van der Waals surface area contributed by atoms with Gasteiger partial charge in [-0.2, -0.15) is 13.2 Å². The van der Waals surface area contributed by atoms with Crippen LogP contribution < -0.4 is 19.9 Å². The lowest BCUT2D eigenvalue weighted by atomic mass is 10.2. The first-order valence-electron chi connectivity index (χ1n) is 12.0. The van der Waals surface area contributed by atoms with Crippen molar-refractivity contribution < 1.29 is 22.7 Å². The summed E-state index contributed by atoms with van der Waals surface area (Å²) in [7, 11) is 0. The Balaban J connectivity index is 1.26. The second-order valence-corrected chi connectivity index (χ2v) is 9.24. The number of pyridine rings is 1. The van der Waals surface area contributed by atoms with Gasteiger partial charge in [-0.3, -0.25) is 4.79 Å². The minimum Gasteiger partial charge on any atom is -0.481 e. The number of aromatic nitrogens is 1. The molecule has 1 aliphatic rings. The molecule has 1 amide bonds. The van der Waals surface area contributed by atoms with Crippen LogP contribution in [0.1, 0.15) is 5.56 Å². The number of nitrogens with one attached hydrogen (secondary N) is 1. The fourth-order valence-corrected chi connectivity index (χ4v) is 4.53. The van der Waals surface area contributed by atoms with Gasteiger partial charge in [0.05, 0.1) is 16.3 Å². The number of piperazine rings is 1. The molecular weight excluding hydrogens is 517 g/mol. The van der Waals surface area contributed by atoms with Crippen LogP contribution in [0, 0.1) is 0 Å². The average molecular weight is 541 g/mol. The molecule has 2 heterocycles. The first kappa shape index (κ1) is 25.7. The third-order valence-corrected chi connectivity index (χ3v) is 6.65. The summed E-state index contributed by atoms with van der Waals surface area (Å²) >= 11 is 5.98. The molecule has 0 unspecified atom stereocenters. The van der Waals surface area contributed by atoms with Crippen LogP contribution in [-0.2, 0) is 11.0 Å². The lowest BCUT2D eigenvalue weighted by molar-refractivity contribution is -0.137. The molecule has 1 N–H and O–H groups in total. The maximum atomic E-state index is 13.0. The summed E-state index contributed by atoms with van der Waals surface area (Å²) in [5.74, 6) is 0.565. The van der Waals surface area contributed by atoms with Crippen molar-refractivity contribution in [2.45, 2.75) is 6.18 Å². The first-order valence-corrected chi connectivity index (χ1v) is 12.4. The van der Waals surface area contributed by atoms with Crippen molar-refractivity contribution in [1.29, 1.82) is 0 Å². The molecule has 38 heavy (non-hydrogen) atoms. The van der Waals surface area contributed by atoms with E-state index in [9.17, 15) is 18.0 Å². The highest BCUT2D eigenvalue weighted by atomic mass is 35.5. The zero-order valence-corrected chi connectivity index (χ0v) is 21.0. The molecule has 0 atom stereocenters. The number of carbonyl (C=O) groups is 1. The SMILES string of the molecule is O=C(COc1cccc2ccc(N3CCN(c4ccccc4)CC3)nc12)Nc1cc(C(F)(F)F)ccc1Cl. The van der Waals surface area contributed by atoms with Gasteiger partial charge in [0, 0.05) is 37.3 Å². The number of nitrogens with zero attached hydrogens (tertiary/aromatic N) is 3. The molecule has 1 aliphatic heterocycles. The fourth-order valence-electron chi connectivity index (χ4n) is 4.36. The Morgan fingerprint density at radius 3 is 2.39 bits per heavy atom. The fraction of sp³-hybridized carbons (Fsp3) is 0.214. The number of carbonyl (C=O) groups excluding carboxylic acids is 1. The van der Waals surface area contributed by atoms with Gasteiger partial charge in [0.1, 0.15) is 17.1 Å². The Hall–Kier alpha value is -3.98. The van der Waals surface area contributed by atoms with Crippen LogP contribution in [0.25, 0.3) is 10.9 Å². The van der Waals surface area contributed by atoms with Gasteiger partial charge < -0.3 is 19.9 Å². The summed E-state index contributed by atoms with van der Waals surface area (Å²) in [6, 6.07) is 22.3. The zero-order chi connectivity index (χ0) is 26.7. The number of rotatable bonds is 6. The molecule has 0 radical (unpaired) electrons. The molecule has 0 bridgehead atoms. The van der Waals surface area contributed by atoms with Gasteiger partial charge in [-0.15, -0.1) is 0 Å². The maximum Gasteiger partial charge on any atom is 0.416 e. The number of anilines is 3. The van der Waals surface area contributed by atoms with E-state index in [0.29, 0.717) is 11.3 Å². The Kier molecular flexibility index (Phi) is 7.28. The molecule has 1 saturated heterocycles. The van der Waals surface area contributed by atoms with E-state index in [4.69, 9.17) is 21.3 Å². The van der Waals surface area contributed by atoms with E-state index in [0.717, 1.165) is 55.6 Å². The average Bonchev–Trinajstić information content (AvgIpc) is 2.93. The number of para-hydroxylation sites is 2. The predicted octanol–water partition coefficient (Wildman–Crippen LogP) is 6.25. The highest BCUT2D eigenvalue weighted by molar-refractivity contribution is 6.33. The Bertz CT molecular complexity index is 1440. The minimum atomic E-state index is -4.55. The molecule has 4 aromatic rings. The van der Waals surface area contributed by atoms with E-state index in [1.165, 1.54) is 5.69 Å². The number of alkyl halides is 3. The standard InChI is InChI=1S/C28H24ClF3N4O2/c29-22-11-10-20(28(30,31)32)17-23(22)33-26(37)18-38-24-8-4-5-19-9-12-25(34-27(19)24)36-15-13-35(14-16-36)21-6-2-1-3-7-21/h1-12,17H,13-16,18H2,(H,33,37). The molecule has 0 saturated carbocycles. The van der Waals surface area contributed by atoms with Crippen LogP contribution in [0.15, 0.2) is 78.9 Å². The van der Waals surface area contributed by atoms with Crippen molar-refractivity contribution in [3.05, 3.63) is 89.4 Å². The molecular formula is C28H24ClF3N4O2. The van der Waals surface area contributed by atoms with Gasteiger partial charge in [0.15, 0.2) is 6.61 Å². The molecule has 6 nitrogen and oxygen atoms in total. The number of amides is 1. The van der Waals surface area contributed by atoms with Crippen molar-refractivity contribution in [2.24, 2.45) is 0 Å². The third-order valence-electron chi connectivity index (χ3n) is 6.32. The second-order valence-electron chi connectivity index (χ2n) is 8.84. The molecule has 10 heteroatoms. The van der Waals surface area contributed by atoms with E-state index in [1.54, 1.807) is 12.1 Å². The Morgan fingerprint density at radius 1 is 0.921 bits per heavy atom. The topological polar surface area (TPSA) is 57.7 Å². The number of hydrogen-bond acceptors (Lipinski definition) is 5. The number of halogens is 4. The van der Waals surface area contributed by atoms with E-state index >= 15 is 0 Å². The maximum absolute atomic E-state index is 13.0. The van der Waals surface area contributed by atoms with Crippen LogP contribution in [0.5, 0.6) is 5.75 Å². The van der Waals surface area contributed by atoms with E-state index in [1.807, 2.05) is 36.4 Å².